The van der Waals surface area contributed by atoms with Crippen LogP contribution in [0.5, 0.6) is 5.75 Å². The summed E-state index contributed by atoms with van der Waals surface area (Å²) in [7, 11) is 0. The van der Waals surface area contributed by atoms with E-state index in [2.05, 4.69) is 4.98 Å². The summed E-state index contributed by atoms with van der Waals surface area (Å²) < 4.78 is 17.6. The first-order valence-electron chi connectivity index (χ1n) is 9.61. The second-order valence-electron chi connectivity index (χ2n) is 7.45. The van der Waals surface area contributed by atoms with Gasteiger partial charge in [0.05, 0.1) is 22.1 Å². The van der Waals surface area contributed by atoms with Crippen LogP contribution >= 0.6 is 11.3 Å². The largest absolute Gasteiger partial charge is 0.488 e. The van der Waals surface area contributed by atoms with E-state index in [4.69, 9.17) is 25.4 Å². The summed E-state index contributed by atoms with van der Waals surface area (Å²) in [4.78, 5) is 30.2. The number of ether oxygens (including phenoxy) is 2. The van der Waals surface area contributed by atoms with Crippen LogP contribution in [0, 0.1) is 13.8 Å². The van der Waals surface area contributed by atoms with Gasteiger partial charge >= 0.3 is 0 Å². The van der Waals surface area contributed by atoms with Crippen molar-refractivity contribution in [3.63, 3.8) is 0 Å². The van der Waals surface area contributed by atoms with Gasteiger partial charge in [0.15, 0.2) is 0 Å². The number of aromatic nitrogens is 1. The highest BCUT2D eigenvalue weighted by molar-refractivity contribution is 7.11. The molecule has 0 bridgehead atoms. The Balaban J connectivity index is 1.94. The lowest BCUT2D eigenvalue weighted by atomic mass is 9.73. The topological polar surface area (TPSA) is 131 Å². The molecule has 1 unspecified atom stereocenters. The van der Waals surface area contributed by atoms with Gasteiger partial charge in [-0.15, -0.1) is 11.3 Å². The summed E-state index contributed by atoms with van der Waals surface area (Å²) in [5, 5.41) is 1.39. The van der Waals surface area contributed by atoms with Gasteiger partial charge in [-0.2, -0.15) is 0 Å². The van der Waals surface area contributed by atoms with Crippen LogP contribution in [-0.4, -0.2) is 30.0 Å². The van der Waals surface area contributed by atoms with Crippen molar-refractivity contribution in [2.24, 2.45) is 11.5 Å². The molecule has 1 atom stereocenters. The Morgan fingerprint density at radius 3 is 2.70 bits per heavy atom. The fourth-order valence-corrected chi connectivity index (χ4v) is 4.82. The summed E-state index contributed by atoms with van der Waals surface area (Å²) in [6.07, 6.45) is 2.87. The van der Waals surface area contributed by atoms with Gasteiger partial charge in [0.2, 0.25) is 5.91 Å². The van der Waals surface area contributed by atoms with Crippen LogP contribution in [0.4, 0.5) is 0 Å². The average molecular weight is 429 g/mol. The maximum absolute atomic E-state index is 12.8. The molecule has 1 aromatic carbocycles. The molecule has 2 aromatic heterocycles. The number of amides is 2. The minimum atomic E-state index is -1.16. The van der Waals surface area contributed by atoms with Crippen LogP contribution in [0.25, 0.3) is 11.0 Å². The number of hydrogen-bond donors (Lipinski definition) is 2. The molecule has 9 heteroatoms. The molecule has 3 heterocycles. The normalized spacial score (nSPS) is 19.1. The highest BCUT2D eigenvalue weighted by atomic mass is 32.1. The number of furan rings is 1. The zero-order chi connectivity index (χ0) is 21.5. The van der Waals surface area contributed by atoms with Crippen molar-refractivity contribution in [3.05, 3.63) is 45.1 Å². The number of nitrogens with two attached hydrogens (primary N) is 2. The molecule has 158 valence electrons. The van der Waals surface area contributed by atoms with Crippen molar-refractivity contribution < 1.29 is 23.5 Å². The van der Waals surface area contributed by atoms with Gasteiger partial charge in [0.1, 0.15) is 29.1 Å². The van der Waals surface area contributed by atoms with Gasteiger partial charge in [-0.25, -0.2) is 4.98 Å². The van der Waals surface area contributed by atoms with Crippen molar-refractivity contribution in [1.82, 2.24) is 4.98 Å². The van der Waals surface area contributed by atoms with Crippen LogP contribution < -0.4 is 16.2 Å². The third-order valence-electron chi connectivity index (χ3n) is 5.47. The maximum Gasteiger partial charge on any atom is 0.252 e. The van der Waals surface area contributed by atoms with Crippen LogP contribution in [0.2, 0.25) is 0 Å². The minimum Gasteiger partial charge on any atom is -0.488 e. The standard InChI is InChI=1S/C21H23N3O5S/c1-11-16(19(22)25)17-14(29-11)4-5-15(28-9-13-8-24-12(2)30-13)18(17)21(20(23)26)6-3-7-27-10-21/h4-5,8H,3,6-7,9-10H2,1-2H3,(H2,22,25)(H2,23,26). The van der Waals surface area contributed by atoms with E-state index in [0.29, 0.717) is 47.5 Å². The monoisotopic (exact) mass is 429 g/mol. The highest BCUT2D eigenvalue weighted by Gasteiger charge is 2.45. The third-order valence-corrected chi connectivity index (χ3v) is 6.36. The first kappa shape index (κ1) is 20.4. The number of carbonyl (C=O) groups excluding carboxylic acids is 2. The Morgan fingerprint density at radius 2 is 2.10 bits per heavy atom. The summed E-state index contributed by atoms with van der Waals surface area (Å²) in [6.45, 7) is 4.48. The van der Waals surface area contributed by atoms with Crippen molar-refractivity contribution in [1.29, 1.82) is 0 Å². The summed E-state index contributed by atoms with van der Waals surface area (Å²) in [5.41, 5.74) is 11.6. The lowest BCUT2D eigenvalue weighted by Crippen LogP contribution is -2.48. The molecule has 0 aliphatic carbocycles. The predicted molar refractivity (Wildman–Crippen MR) is 112 cm³/mol. The molecular formula is C21H23N3O5S. The predicted octanol–water partition coefficient (Wildman–Crippen LogP) is 2.72. The van der Waals surface area contributed by atoms with Crippen molar-refractivity contribution >= 4 is 34.1 Å². The Morgan fingerprint density at radius 1 is 1.30 bits per heavy atom. The van der Waals surface area contributed by atoms with Gasteiger partial charge in [0, 0.05) is 23.8 Å². The quantitative estimate of drug-likeness (QED) is 0.619. The molecule has 1 aliphatic heterocycles. The second kappa shape index (κ2) is 7.73. The van der Waals surface area contributed by atoms with Crippen molar-refractivity contribution in [2.75, 3.05) is 13.2 Å². The highest BCUT2D eigenvalue weighted by Crippen LogP contribution is 2.45. The van der Waals surface area contributed by atoms with Crippen LogP contribution in [0.1, 0.15) is 44.4 Å². The maximum atomic E-state index is 12.8. The molecule has 1 fully saturated rings. The summed E-state index contributed by atoms with van der Waals surface area (Å²) in [5.74, 6) is -0.354. The van der Waals surface area contributed by atoms with Gasteiger partial charge in [-0.05, 0) is 38.8 Å². The number of primary amides is 2. The lowest BCUT2D eigenvalue weighted by molar-refractivity contribution is -0.128. The molecule has 4 rings (SSSR count). The number of nitrogens with zero attached hydrogens (tertiary/aromatic N) is 1. The Labute approximate surface area is 177 Å². The fourth-order valence-electron chi connectivity index (χ4n) is 4.11. The molecule has 2 amide bonds. The van der Waals surface area contributed by atoms with Gasteiger partial charge in [-0.1, -0.05) is 0 Å². The summed E-state index contributed by atoms with van der Waals surface area (Å²) >= 11 is 1.52. The van der Waals surface area contributed by atoms with Crippen molar-refractivity contribution in [2.45, 2.75) is 38.7 Å². The number of aryl methyl sites for hydroxylation is 2. The first-order valence-corrected chi connectivity index (χ1v) is 10.4. The van der Waals surface area contributed by atoms with Crippen LogP contribution in [0.3, 0.4) is 0 Å². The Kier molecular flexibility index (Phi) is 5.25. The van der Waals surface area contributed by atoms with E-state index in [1.165, 1.54) is 11.3 Å². The molecular weight excluding hydrogens is 406 g/mol. The SMILES string of the molecule is Cc1ncc(COc2ccc3oc(C)c(C(N)=O)c3c2C2(C(N)=O)CCCOC2)s1. The van der Waals surface area contributed by atoms with E-state index in [-0.39, 0.29) is 18.8 Å². The number of hydrogen-bond acceptors (Lipinski definition) is 7. The number of rotatable bonds is 6. The first-order chi connectivity index (χ1) is 14.3. The molecule has 30 heavy (non-hydrogen) atoms. The van der Waals surface area contributed by atoms with Crippen LogP contribution in [0.15, 0.2) is 22.7 Å². The lowest BCUT2D eigenvalue weighted by Gasteiger charge is -2.36. The molecule has 0 spiro atoms. The number of carbonyl (C=O) groups is 2. The van der Waals surface area contributed by atoms with Gasteiger partial charge in [-0.3, -0.25) is 9.59 Å². The van der Waals surface area contributed by atoms with E-state index in [1.54, 1.807) is 25.3 Å². The third kappa shape index (κ3) is 3.33. The van der Waals surface area contributed by atoms with Gasteiger partial charge in [0.25, 0.3) is 5.91 Å². The zero-order valence-electron chi connectivity index (χ0n) is 16.8. The van der Waals surface area contributed by atoms with E-state index >= 15 is 0 Å². The zero-order valence-corrected chi connectivity index (χ0v) is 17.6. The fraction of sp³-hybridized carbons (Fsp3) is 0.381. The number of benzene rings is 1. The minimum absolute atomic E-state index is 0.0971. The summed E-state index contributed by atoms with van der Waals surface area (Å²) in [6, 6.07) is 3.45. The molecule has 3 aromatic rings. The number of fused-ring (bicyclic) bond motifs is 1. The average Bonchev–Trinajstić information content (AvgIpc) is 3.28. The van der Waals surface area contributed by atoms with Crippen LogP contribution in [-0.2, 0) is 21.6 Å². The molecule has 0 radical (unpaired) electrons. The van der Waals surface area contributed by atoms with E-state index < -0.39 is 17.2 Å². The van der Waals surface area contributed by atoms with Crippen molar-refractivity contribution in [3.8, 4) is 5.75 Å². The Bertz CT molecular complexity index is 1130. The van der Waals surface area contributed by atoms with E-state index in [1.807, 2.05) is 6.92 Å². The molecule has 8 nitrogen and oxygen atoms in total. The molecule has 1 aliphatic rings. The van der Waals surface area contributed by atoms with E-state index in [9.17, 15) is 9.59 Å². The molecule has 0 saturated carbocycles. The smallest absolute Gasteiger partial charge is 0.252 e. The molecule has 4 N–H and O–H groups in total. The number of thiazole rings is 1. The Hall–Kier alpha value is -2.91. The van der Waals surface area contributed by atoms with E-state index in [0.717, 1.165) is 9.88 Å². The molecule has 1 saturated heterocycles. The van der Waals surface area contributed by atoms with Gasteiger partial charge < -0.3 is 25.4 Å². The second-order valence-corrected chi connectivity index (χ2v) is 8.77.